The first-order valence-corrected chi connectivity index (χ1v) is 4.96. The number of carbonyl (C=O) groups excluding carboxylic acids is 1. The van der Waals surface area contributed by atoms with Crippen LogP contribution < -0.4 is 0 Å². The predicted molar refractivity (Wildman–Crippen MR) is 47.3 cm³/mol. The van der Waals surface area contributed by atoms with E-state index in [-0.39, 0.29) is 11.3 Å². The molecular formula is C8H6FNO3S. The Morgan fingerprint density at radius 1 is 1.43 bits per heavy atom. The van der Waals surface area contributed by atoms with E-state index >= 15 is 0 Å². The molecule has 0 N–H and O–H groups in total. The molecule has 0 saturated heterocycles. The molecule has 6 heteroatoms. The van der Waals surface area contributed by atoms with Gasteiger partial charge in [-0.1, -0.05) is 6.07 Å². The number of benzene rings is 1. The molecule has 0 fully saturated rings. The van der Waals surface area contributed by atoms with Crippen LogP contribution >= 0.6 is 0 Å². The summed E-state index contributed by atoms with van der Waals surface area (Å²) in [6.45, 7) is 1.45. The number of rotatable bonds is 2. The van der Waals surface area contributed by atoms with Gasteiger partial charge in [0.05, 0.1) is 5.69 Å². The SMILES string of the molecule is Cc1ccc(N=C=O)cc1S(=O)(=O)F. The van der Waals surface area contributed by atoms with Crippen molar-refractivity contribution in [1.82, 2.24) is 0 Å². The van der Waals surface area contributed by atoms with E-state index in [1.807, 2.05) is 0 Å². The largest absolute Gasteiger partial charge is 0.332 e. The van der Waals surface area contributed by atoms with Crippen molar-refractivity contribution in [3.05, 3.63) is 23.8 Å². The summed E-state index contributed by atoms with van der Waals surface area (Å²) in [5.41, 5.74) is 0.319. The maximum Gasteiger partial charge on any atom is 0.332 e. The fourth-order valence-corrected chi connectivity index (χ4v) is 1.69. The normalized spacial score (nSPS) is 10.7. The zero-order valence-corrected chi connectivity index (χ0v) is 8.01. The average molecular weight is 215 g/mol. The number of hydrogen-bond donors (Lipinski definition) is 0. The summed E-state index contributed by atoms with van der Waals surface area (Å²) in [6, 6.07) is 3.74. The Morgan fingerprint density at radius 3 is 2.57 bits per heavy atom. The first-order chi connectivity index (χ1) is 6.45. The fraction of sp³-hybridized carbons (Fsp3) is 0.125. The molecule has 0 saturated carbocycles. The molecule has 1 aromatic carbocycles. The van der Waals surface area contributed by atoms with Crippen molar-refractivity contribution >= 4 is 22.0 Å². The minimum absolute atomic E-state index is 0.0572. The summed E-state index contributed by atoms with van der Waals surface area (Å²) in [5, 5.41) is 0. The van der Waals surface area contributed by atoms with E-state index in [4.69, 9.17) is 0 Å². The molecule has 0 radical (unpaired) electrons. The Bertz CT molecular complexity index is 503. The summed E-state index contributed by atoms with van der Waals surface area (Å²) in [5.74, 6) is 0. The zero-order chi connectivity index (χ0) is 10.8. The topological polar surface area (TPSA) is 63.6 Å². The summed E-state index contributed by atoms with van der Waals surface area (Å²) < 4.78 is 33.8. The van der Waals surface area contributed by atoms with Gasteiger partial charge in [-0.3, -0.25) is 0 Å². The smallest absolute Gasteiger partial charge is 0.211 e. The van der Waals surface area contributed by atoms with Crippen molar-refractivity contribution in [3.63, 3.8) is 0 Å². The van der Waals surface area contributed by atoms with E-state index in [0.717, 1.165) is 6.07 Å². The quantitative estimate of drug-likeness (QED) is 0.427. The van der Waals surface area contributed by atoms with Crippen LogP contribution in [-0.4, -0.2) is 14.5 Å². The van der Waals surface area contributed by atoms with Gasteiger partial charge >= 0.3 is 10.2 Å². The van der Waals surface area contributed by atoms with Crippen LogP contribution in [0.1, 0.15) is 5.56 Å². The van der Waals surface area contributed by atoms with Crippen molar-refractivity contribution in [1.29, 1.82) is 0 Å². The molecule has 4 nitrogen and oxygen atoms in total. The van der Waals surface area contributed by atoms with Crippen LogP contribution in [0.25, 0.3) is 0 Å². The van der Waals surface area contributed by atoms with Gasteiger partial charge in [0, 0.05) is 0 Å². The summed E-state index contributed by atoms with van der Waals surface area (Å²) in [4.78, 5) is 12.6. The van der Waals surface area contributed by atoms with Crippen LogP contribution in [0.15, 0.2) is 28.1 Å². The summed E-state index contributed by atoms with van der Waals surface area (Å²) >= 11 is 0. The van der Waals surface area contributed by atoms with Gasteiger partial charge in [0.2, 0.25) is 6.08 Å². The lowest BCUT2D eigenvalue weighted by molar-refractivity contribution is 0.551. The number of aliphatic imine (C=N–C) groups is 1. The summed E-state index contributed by atoms with van der Waals surface area (Å²) in [6.07, 6.45) is 1.24. The second-order valence-electron chi connectivity index (χ2n) is 2.59. The second-order valence-corrected chi connectivity index (χ2v) is 3.91. The third-order valence-electron chi connectivity index (χ3n) is 1.61. The monoisotopic (exact) mass is 215 g/mol. The van der Waals surface area contributed by atoms with Crippen molar-refractivity contribution in [2.24, 2.45) is 4.99 Å². The highest BCUT2D eigenvalue weighted by atomic mass is 32.3. The Hall–Kier alpha value is -1.52. The van der Waals surface area contributed by atoms with Crippen LogP contribution in [0.5, 0.6) is 0 Å². The number of aryl methyl sites for hydroxylation is 1. The van der Waals surface area contributed by atoms with Gasteiger partial charge in [-0.2, -0.15) is 13.4 Å². The van der Waals surface area contributed by atoms with Gasteiger partial charge in [0.15, 0.2) is 0 Å². The van der Waals surface area contributed by atoms with E-state index in [1.54, 1.807) is 0 Å². The first kappa shape index (κ1) is 10.6. The highest BCUT2D eigenvalue weighted by Crippen LogP contribution is 2.23. The van der Waals surface area contributed by atoms with Crippen molar-refractivity contribution in [2.75, 3.05) is 0 Å². The molecule has 0 unspecified atom stereocenters. The molecule has 0 bridgehead atoms. The predicted octanol–water partition coefficient (Wildman–Crippen LogP) is 1.62. The van der Waals surface area contributed by atoms with Crippen LogP contribution in [-0.2, 0) is 15.0 Å². The highest BCUT2D eigenvalue weighted by molar-refractivity contribution is 7.86. The van der Waals surface area contributed by atoms with Crippen LogP contribution in [0.2, 0.25) is 0 Å². The molecule has 0 spiro atoms. The number of nitrogens with zero attached hydrogens (tertiary/aromatic N) is 1. The van der Waals surface area contributed by atoms with E-state index in [0.29, 0.717) is 0 Å². The maximum absolute atomic E-state index is 12.6. The lowest BCUT2D eigenvalue weighted by Gasteiger charge is -2.00. The highest BCUT2D eigenvalue weighted by Gasteiger charge is 2.15. The molecule has 1 aromatic rings. The average Bonchev–Trinajstić information content (AvgIpc) is 2.07. The van der Waals surface area contributed by atoms with E-state index < -0.39 is 15.1 Å². The van der Waals surface area contributed by atoms with E-state index in [9.17, 15) is 17.1 Å². The molecule has 0 aliphatic rings. The van der Waals surface area contributed by atoms with Crippen LogP contribution in [0.4, 0.5) is 9.57 Å². The zero-order valence-electron chi connectivity index (χ0n) is 7.19. The Balaban J connectivity index is 3.43. The molecule has 0 amide bonds. The molecule has 1 rings (SSSR count). The first-order valence-electron chi connectivity index (χ1n) is 3.58. The number of halogens is 1. The fourth-order valence-electron chi connectivity index (χ4n) is 0.974. The van der Waals surface area contributed by atoms with Crippen LogP contribution in [0.3, 0.4) is 0 Å². The van der Waals surface area contributed by atoms with Crippen LogP contribution in [0, 0.1) is 6.92 Å². The lowest BCUT2D eigenvalue weighted by atomic mass is 10.2. The number of hydrogen-bond acceptors (Lipinski definition) is 4. The minimum atomic E-state index is -4.76. The third kappa shape index (κ3) is 2.25. The van der Waals surface area contributed by atoms with Gasteiger partial charge in [-0.05, 0) is 24.6 Å². The molecule has 0 heterocycles. The molecule has 0 aliphatic carbocycles. The molecule has 14 heavy (non-hydrogen) atoms. The van der Waals surface area contributed by atoms with E-state index in [2.05, 4.69) is 4.99 Å². The molecule has 74 valence electrons. The Morgan fingerprint density at radius 2 is 2.07 bits per heavy atom. The molecule has 0 aliphatic heterocycles. The van der Waals surface area contributed by atoms with Gasteiger partial charge in [-0.25, -0.2) is 4.79 Å². The van der Waals surface area contributed by atoms with Gasteiger partial charge in [0.25, 0.3) is 0 Å². The summed E-state index contributed by atoms with van der Waals surface area (Å²) in [7, 11) is -4.76. The Labute approximate surface area is 80.3 Å². The minimum Gasteiger partial charge on any atom is -0.211 e. The molecule has 0 aromatic heterocycles. The van der Waals surface area contributed by atoms with Gasteiger partial charge < -0.3 is 0 Å². The third-order valence-corrected chi connectivity index (χ3v) is 2.57. The van der Waals surface area contributed by atoms with Gasteiger partial charge in [0.1, 0.15) is 4.90 Å². The van der Waals surface area contributed by atoms with Crippen molar-refractivity contribution in [2.45, 2.75) is 11.8 Å². The second kappa shape index (κ2) is 3.69. The standard InChI is InChI=1S/C8H6FNO3S/c1-6-2-3-7(10-5-11)4-8(6)14(9,12)13/h2-4H,1H3. The van der Waals surface area contributed by atoms with Crippen molar-refractivity contribution in [3.8, 4) is 0 Å². The maximum atomic E-state index is 12.6. The van der Waals surface area contributed by atoms with Gasteiger partial charge in [-0.15, -0.1) is 3.89 Å². The lowest BCUT2D eigenvalue weighted by Crippen LogP contribution is -1.94. The Kier molecular flexibility index (Phi) is 2.78. The molecular weight excluding hydrogens is 209 g/mol. The van der Waals surface area contributed by atoms with E-state index in [1.165, 1.54) is 25.1 Å². The number of isocyanates is 1. The van der Waals surface area contributed by atoms with Crippen molar-refractivity contribution < 1.29 is 17.1 Å². The molecule has 0 atom stereocenters.